The van der Waals surface area contributed by atoms with E-state index in [2.05, 4.69) is 15.6 Å². The molecule has 2 aromatic carbocycles. The van der Waals surface area contributed by atoms with Crippen molar-refractivity contribution in [3.63, 3.8) is 0 Å². The third kappa shape index (κ3) is 4.23. The summed E-state index contributed by atoms with van der Waals surface area (Å²) in [5, 5.41) is 6.92. The predicted octanol–water partition coefficient (Wildman–Crippen LogP) is 2.86. The number of thioether (sulfide) groups is 1. The molecule has 0 aromatic heterocycles. The van der Waals surface area contributed by atoms with E-state index in [9.17, 15) is 13.2 Å². The van der Waals surface area contributed by atoms with E-state index >= 15 is 0 Å². The van der Waals surface area contributed by atoms with Crippen molar-refractivity contribution in [3.05, 3.63) is 65.7 Å². The van der Waals surface area contributed by atoms with Crippen LogP contribution in [-0.4, -0.2) is 42.3 Å². The van der Waals surface area contributed by atoms with Gasteiger partial charge >= 0.3 is 0 Å². The van der Waals surface area contributed by atoms with Gasteiger partial charge in [-0.2, -0.15) is 0 Å². The number of sulfone groups is 1. The summed E-state index contributed by atoms with van der Waals surface area (Å²) in [4.78, 5) is 17.1. The lowest BCUT2D eigenvalue weighted by Gasteiger charge is -2.15. The molecule has 6 nitrogen and oxygen atoms in total. The minimum Gasteiger partial charge on any atom is -0.346 e. The van der Waals surface area contributed by atoms with Crippen molar-refractivity contribution >= 4 is 38.4 Å². The van der Waals surface area contributed by atoms with Crippen LogP contribution in [0.4, 0.5) is 5.69 Å². The molecular formula is C20H21N3O3S2. The number of rotatable bonds is 4. The maximum absolute atomic E-state index is 12.6. The fourth-order valence-electron chi connectivity index (χ4n) is 3.38. The molecule has 3 atom stereocenters. The van der Waals surface area contributed by atoms with Gasteiger partial charge in [-0.3, -0.25) is 9.79 Å². The molecule has 2 aromatic rings. The summed E-state index contributed by atoms with van der Waals surface area (Å²) in [6, 6.07) is 16.8. The quantitative estimate of drug-likeness (QED) is 0.802. The van der Waals surface area contributed by atoms with E-state index in [0.29, 0.717) is 10.7 Å². The largest absolute Gasteiger partial charge is 0.346 e. The molecule has 2 aliphatic heterocycles. The Morgan fingerprint density at radius 3 is 2.68 bits per heavy atom. The Labute approximate surface area is 168 Å². The molecule has 8 heteroatoms. The molecule has 2 heterocycles. The second-order valence-corrected chi connectivity index (χ2v) is 10.4. The minimum atomic E-state index is -2.96. The van der Waals surface area contributed by atoms with Crippen LogP contribution in [0, 0.1) is 0 Å². The number of carbonyl (C=O) groups excluding carboxylic acids is 1. The molecule has 28 heavy (non-hydrogen) atoms. The van der Waals surface area contributed by atoms with Gasteiger partial charge in [-0.1, -0.05) is 48.2 Å². The Hall–Kier alpha value is -2.32. The highest BCUT2D eigenvalue weighted by atomic mass is 32.2. The second-order valence-electron chi connectivity index (χ2n) is 7.05. The van der Waals surface area contributed by atoms with Crippen molar-refractivity contribution in [1.29, 1.82) is 0 Å². The number of amides is 1. The third-order valence-electron chi connectivity index (χ3n) is 4.84. The Morgan fingerprint density at radius 2 is 1.93 bits per heavy atom. The summed E-state index contributed by atoms with van der Waals surface area (Å²) in [6.45, 7) is 1.95. The van der Waals surface area contributed by atoms with Crippen LogP contribution < -0.4 is 10.6 Å². The molecule has 0 bridgehead atoms. The van der Waals surface area contributed by atoms with E-state index in [-0.39, 0.29) is 34.7 Å². The standard InChI is InChI=1S/C20H21N3O3S2/c1-13(14-6-3-2-4-7-14)21-19(24)15-8-5-9-16(10-15)22-20-23-17-11-28(25,26)12-18(17)27-20/h2-10,13,17-18H,11-12H2,1H3,(H,21,24)(H,22,23). The second kappa shape index (κ2) is 7.60. The van der Waals surface area contributed by atoms with Crippen molar-refractivity contribution < 1.29 is 13.2 Å². The Balaban J connectivity index is 1.41. The number of nitrogens with zero attached hydrogens (tertiary/aromatic N) is 1. The van der Waals surface area contributed by atoms with Gasteiger partial charge in [0.25, 0.3) is 5.91 Å². The number of anilines is 1. The van der Waals surface area contributed by atoms with Crippen LogP contribution in [0.15, 0.2) is 59.6 Å². The van der Waals surface area contributed by atoms with E-state index in [1.54, 1.807) is 12.1 Å². The number of fused-ring (bicyclic) bond motifs is 1. The van der Waals surface area contributed by atoms with Crippen LogP contribution in [0.2, 0.25) is 0 Å². The van der Waals surface area contributed by atoms with Gasteiger partial charge < -0.3 is 10.6 Å². The average Bonchev–Trinajstić information content (AvgIpc) is 3.15. The SMILES string of the molecule is CC(NC(=O)c1cccc(NC2=NC3CS(=O)(=O)CC3S2)c1)c1ccccc1. The summed E-state index contributed by atoms with van der Waals surface area (Å²) in [5.74, 6) is 0.149. The highest BCUT2D eigenvalue weighted by molar-refractivity contribution is 8.15. The molecule has 1 saturated heterocycles. The van der Waals surface area contributed by atoms with E-state index in [0.717, 1.165) is 11.3 Å². The molecule has 1 fully saturated rings. The smallest absolute Gasteiger partial charge is 0.251 e. The lowest BCUT2D eigenvalue weighted by molar-refractivity contribution is 0.0940. The van der Waals surface area contributed by atoms with Crippen LogP contribution in [0.25, 0.3) is 0 Å². The van der Waals surface area contributed by atoms with Crippen molar-refractivity contribution in [2.45, 2.75) is 24.3 Å². The topological polar surface area (TPSA) is 87.6 Å². The van der Waals surface area contributed by atoms with Gasteiger partial charge in [-0.15, -0.1) is 0 Å². The highest BCUT2D eigenvalue weighted by Gasteiger charge is 2.42. The number of nitrogens with one attached hydrogen (secondary N) is 2. The molecule has 0 aliphatic carbocycles. The van der Waals surface area contributed by atoms with Crippen molar-refractivity contribution in [2.24, 2.45) is 4.99 Å². The molecule has 146 valence electrons. The number of hydrogen-bond donors (Lipinski definition) is 2. The predicted molar refractivity (Wildman–Crippen MR) is 114 cm³/mol. The maximum Gasteiger partial charge on any atom is 0.251 e. The summed E-state index contributed by atoms with van der Waals surface area (Å²) in [5.41, 5.74) is 2.36. The van der Waals surface area contributed by atoms with E-state index in [4.69, 9.17) is 0 Å². The van der Waals surface area contributed by atoms with E-state index in [1.165, 1.54) is 11.8 Å². The first-order valence-corrected chi connectivity index (χ1v) is 11.8. The van der Waals surface area contributed by atoms with Gasteiger partial charge in [0.1, 0.15) is 0 Å². The molecule has 0 saturated carbocycles. The van der Waals surface area contributed by atoms with Gasteiger partial charge in [0.15, 0.2) is 15.0 Å². The van der Waals surface area contributed by atoms with Crippen LogP contribution >= 0.6 is 11.8 Å². The van der Waals surface area contributed by atoms with Gasteiger partial charge in [-0.05, 0) is 30.7 Å². The van der Waals surface area contributed by atoms with Crippen LogP contribution in [0.1, 0.15) is 28.9 Å². The first-order valence-electron chi connectivity index (χ1n) is 9.07. The Morgan fingerprint density at radius 1 is 1.14 bits per heavy atom. The molecule has 0 radical (unpaired) electrons. The zero-order chi connectivity index (χ0) is 19.7. The molecule has 2 aliphatic rings. The normalized spacial score (nSPS) is 23.5. The average molecular weight is 416 g/mol. The first-order chi connectivity index (χ1) is 13.4. The fraction of sp³-hybridized carbons (Fsp3) is 0.300. The van der Waals surface area contributed by atoms with Crippen LogP contribution in [0.3, 0.4) is 0 Å². The minimum absolute atomic E-state index is 0.00861. The van der Waals surface area contributed by atoms with Crippen molar-refractivity contribution in [3.8, 4) is 0 Å². The summed E-state index contributed by atoms with van der Waals surface area (Å²) in [6.07, 6.45) is 0. The zero-order valence-corrected chi connectivity index (χ0v) is 17.0. The molecular weight excluding hydrogens is 394 g/mol. The summed E-state index contributed by atoms with van der Waals surface area (Å²) < 4.78 is 23.3. The van der Waals surface area contributed by atoms with Crippen LogP contribution in [-0.2, 0) is 9.84 Å². The summed E-state index contributed by atoms with van der Waals surface area (Å²) in [7, 11) is -2.96. The Bertz CT molecular complexity index is 1020. The molecule has 3 unspecified atom stereocenters. The molecule has 0 spiro atoms. The number of aliphatic imine (C=N–C) groups is 1. The number of amidine groups is 1. The van der Waals surface area contributed by atoms with Gasteiger partial charge in [0.05, 0.1) is 23.6 Å². The van der Waals surface area contributed by atoms with Crippen LogP contribution in [0.5, 0.6) is 0 Å². The lowest BCUT2D eigenvalue weighted by Crippen LogP contribution is -2.26. The van der Waals surface area contributed by atoms with Gasteiger partial charge in [0.2, 0.25) is 0 Å². The Kier molecular flexibility index (Phi) is 5.16. The summed E-state index contributed by atoms with van der Waals surface area (Å²) >= 11 is 1.46. The van der Waals surface area contributed by atoms with Crippen molar-refractivity contribution in [2.75, 3.05) is 16.8 Å². The van der Waals surface area contributed by atoms with Gasteiger partial charge in [0, 0.05) is 16.5 Å². The maximum atomic E-state index is 12.6. The lowest BCUT2D eigenvalue weighted by atomic mass is 10.1. The number of benzene rings is 2. The highest BCUT2D eigenvalue weighted by Crippen LogP contribution is 2.34. The van der Waals surface area contributed by atoms with Crippen molar-refractivity contribution in [1.82, 2.24) is 5.32 Å². The molecule has 4 rings (SSSR count). The molecule has 1 amide bonds. The first kappa shape index (κ1) is 19.0. The monoisotopic (exact) mass is 415 g/mol. The van der Waals surface area contributed by atoms with E-state index < -0.39 is 9.84 Å². The molecule has 2 N–H and O–H groups in total. The van der Waals surface area contributed by atoms with E-state index in [1.807, 2.05) is 49.4 Å². The number of carbonyl (C=O) groups is 1. The number of hydrogen-bond acceptors (Lipinski definition) is 6. The fourth-order valence-corrected chi connectivity index (χ4v) is 7.06. The van der Waals surface area contributed by atoms with Gasteiger partial charge in [-0.25, -0.2) is 8.42 Å². The third-order valence-corrected chi connectivity index (χ3v) is 7.98. The zero-order valence-electron chi connectivity index (χ0n) is 15.3.